The summed E-state index contributed by atoms with van der Waals surface area (Å²) in [6.45, 7) is 0. The number of carbonyl (C=O) groups excluding carboxylic acids is 1. The molecule has 27 heavy (non-hydrogen) atoms. The van der Waals surface area contributed by atoms with Gasteiger partial charge in [0.15, 0.2) is 11.6 Å². The van der Waals surface area contributed by atoms with Gasteiger partial charge in [0.2, 0.25) is 5.91 Å². The third kappa shape index (κ3) is 4.67. The molecule has 0 radical (unpaired) electrons. The van der Waals surface area contributed by atoms with Crippen LogP contribution in [-0.2, 0) is 22.4 Å². The van der Waals surface area contributed by atoms with Crippen molar-refractivity contribution in [1.82, 2.24) is 5.32 Å². The van der Waals surface area contributed by atoms with Gasteiger partial charge in [0, 0.05) is 6.42 Å². The zero-order valence-corrected chi connectivity index (χ0v) is 14.3. The molecule has 6 heteroatoms. The average Bonchev–Trinajstić information content (AvgIpc) is 2.64. The zero-order chi connectivity index (χ0) is 19.4. The Morgan fingerprint density at radius 2 is 1.59 bits per heavy atom. The topological polar surface area (TPSA) is 66.4 Å². The molecule has 0 aromatic heterocycles. The lowest BCUT2D eigenvalue weighted by Crippen LogP contribution is -2.43. The first-order chi connectivity index (χ1) is 12.9. The second-order valence-corrected chi connectivity index (χ2v) is 6.27. The first-order valence-electron chi connectivity index (χ1n) is 8.36. The van der Waals surface area contributed by atoms with Crippen LogP contribution in [0.5, 0.6) is 0 Å². The molecule has 0 heterocycles. The highest BCUT2D eigenvalue weighted by Crippen LogP contribution is 2.17. The van der Waals surface area contributed by atoms with Crippen LogP contribution < -0.4 is 5.32 Å². The number of hydrogen-bond donors (Lipinski definition) is 2. The first kappa shape index (κ1) is 18.5. The fourth-order valence-electron chi connectivity index (χ4n) is 2.88. The summed E-state index contributed by atoms with van der Waals surface area (Å²) < 4.78 is 26.2. The average molecular weight is 369 g/mol. The van der Waals surface area contributed by atoms with Crippen LogP contribution in [0.25, 0.3) is 10.8 Å². The molecule has 0 aliphatic carbocycles. The molecule has 0 saturated carbocycles. The van der Waals surface area contributed by atoms with Gasteiger partial charge in [-0.05, 0) is 34.0 Å². The predicted molar refractivity (Wildman–Crippen MR) is 97.3 cm³/mol. The molecule has 0 unspecified atom stereocenters. The predicted octanol–water partition coefficient (Wildman–Crippen LogP) is 3.47. The normalized spacial score (nSPS) is 11.9. The number of carbonyl (C=O) groups is 2. The van der Waals surface area contributed by atoms with Gasteiger partial charge in [0.25, 0.3) is 0 Å². The highest BCUT2D eigenvalue weighted by molar-refractivity contribution is 5.86. The van der Waals surface area contributed by atoms with Crippen LogP contribution >= 0.6 is 0 Å². The molecular weight excluding hydrogens is 352 g/mol. The van der Waals surface area contributed by atoms with Gasteiger partial charge in [-0.25, -0.2) is 13.6 Å². The molecule has 1 atom stereocenters. The third-order valence-corrected chi connectivity index (χ3v) is 4.24. The van der Waals surface area contributed by atoms with Gasteiger partial charge in [-0.1, -0.05) is 48.5 Å². The molecule has 3 rings (SSSR count). The summed E-state index contributed by atoms with van der Waals surface area (Å²) in [5.74, 6) is -3.79. The number of aliphatic carboxylic acids is 1. The number of carboxylic acid groups (broad SMARTS) is 1. The van der Waals surface area contributed by atoms with Crippen molar-refractivity contribution in [2.24, 2.45) is 0 Å². The first-order valence-corrected chi connectivity index (χ1v) is 8.36. The van der Waals surface area contributed by atoms with Gasteiger partial charge >= 0.3 is 5.97 Å². The summed E-state index contributed by atoms with van der Waals surface area (Å²) >= 11 is 0. The number of fused-ring (bicyclic) bond motifs is 1. The van der Waals surface area contributed by atoms with Gasteiger partial charge in [-0.15, -0.1) is 0 Å². The molecule has 138 valence electrons. The number of hydrogen-bond acceptors (Lipinski definition) is 2. The van der Waals surface area contributed by atoms with Crippen LogP contribution in [0.2, 0.25) is 0 Å². The lowest BCUT2D eigenvalue weighted by Gasteiger charge is -2.15. The molecule has 3 aromatic rings. The summed E-state index contributed by atoms with van der Waals surface area (Å²) in [6, 6.07) is 15.3. The van der Waals surface area contributed by atoms with E-state index in [2.05, 4.69) is 5.32 Å². The third-order valence-electron chi connectivity index (χ3n) is 4.24. The second kappa shape index (κ2) is 7.95. The van der Waals surface area contributed by atoms with Crippen molar-refractivity contribution < 1.29 is 23.5 Å². The Morgan fingerprint density at radius 3 is 2.30 bits per heavy atom. The Bertz CT molecular complexity index is 1000. The zero-order valence-electron chi connectivity index (χ0n) is 14.3. The summed E-state index contributed by atoms with van der Waals surface area (Å²) in [5.41, 5.74) is 1.04. The monoisotopic (exact) mass is 369 g/mol. The minimum Gasteiger partial charge on any atom is -0.480 e. The van der Waals surface area contributed by atoms with Crippen molar-refractivity contribution in [1.29, 1.82) is 0 Å². The number of rotatable bonds is 6. The molecule has 0 bridgehead atoms. The number of carboxylic acids is 1. The lowest BCUT2D eigenvalue weighted by molar-refractivity contribution is -0.141. The van der Waals surface area contributed by atoms with Crippen LogP contribution in [0.15, 0.2) is 60.7 Å². The van der Waals surface area contributed by atoms with Crippen molar-refractivity contribution in [2.45, 2.75) is 18.9 Å². The van der Waals surface area contributed by atoms with E-state index in [0.29, 0.717) is 0 Å². The highest BCUT2D eigenvalue weighted by atomic mass is 19.2. The van der Waals surface area contributed by atoms with Gasteiger partial charge in [0.1, 0.15) is 6.04 Å². The van der Waals surface area contributed by atoms with Gasteiger partial charge in [0.05, 0.1) is 6.42 Å². The highest BCUT2D eigenvalue weighted by Gasteiger charge is 2.21. The van der Waals surface area contributed by atoms with Crippen molar-refractivity contribution >= 4 is 22.6 Å². The van der Waals surface area contributed by atoms with E-state index in [1.165, 1.54) is 6.07 Å². The number of benzene rings is 3. The summed E-state index contributed by atoms with van der Waals surface area (Å²) in [5, 5.41) is 13.9. The minimum absolute atomic E-state index is 0.115. The van der Waals surface area contributed by atoms with Crippen molar-refractivity contribution in [3.8, 4) is 0 Å². The van der Waals surface area contributed by atoms with Gasteiger partial charge in [-0.2, -0.15) is 0 Å². The summed E-state index contributed by atoms with van der Waals surface area (Å²) in [6.07, 6.45) is -0.123. The van der Waals surface area contributed by atoms with E-state index >= 15 is 0 Å². The van der Waals surface area contributed by atoms with Crippen LogP contribution in [0.3, 0.4) is 0 Å². The molecule has 4 nitrogen and oxygen atoms in total. The molecule has 0 spiro atoms. The van der Waals surface area contributed by atoms with E-state index in [1.54, 1.807) is 0 Å². The maximum atomic E-state index is 13.2. The SMILES string of the molecule is O=C(Cc1ccc(F)c(F)c1)N[C@H](Cc1ccc2ccccc2c1)C(=O)O. The van der Waals surface area contributed by atoms with E-state index in [1.807, 2.05) is 42.5 Å². The Kier molecular flexibility index (Phi) is 5.45. The minimum atomic E-state index is -1.17. The Morgan fingerprint density at radius 1 is 0.889 bits per heavy atom. The molecule has 0 aliphatic heterocycles. The van der Waals surface area contributed by atoms with Crippen LogP contribution in [0.1, 0.15) is 11.1 Å². The van der Waals surface area contributed by atoms with Crippen molar-refractivity contribution in [2.75, 3.05) is 0 Å². The second-order valence-electron chi connectivity index (χ2n) is 6.27. The fraction of sp³-hybridized carbons (Fsp3) is 0.143. The summed E-state index contributed by atoms with van der Waals surface area (Å²) in [7, 11) is 0. The van der Waals surface area contributed by atoms with Gasteiger partial charge in [-0.3, -0.25) is 4.79 Å². The Hall–Kier alpha value is -3.28. The van der Waals surface area contributed by atoms with Crippen molar-refractivity contribution in [3.63, 3.8) is 0 Å². The molecule has 0 aliphatic rings. The maximum Gasteiger partial charge on any atom is 0.326 e. The number of nitrogens with one attached hydrogen (secondary N) is 1. The van der Waals surface area contributed by atoms with E-state index in [9.17, 15) is 23.5 Å². The van der Waals surface area contributed by atoms with Crippen LogP contribution in [-0.4, -0.2) is 23.0 Å². The Labute approximate surface area is 154 Å². The van der Waals surface area contributed by atoms with E-state index in [4.69, 9.17) is 0 Å². The quantitative estimate of drug-likeness (QED) is 0.699. The lowest BCUT2D eigenvalue weighted by atomic mass is 10.0. The largest absolute Gasteiger partial charge is 0.480 e. The standard InChI is InChI=1S/C21H17F2NO3/c22-17-8-6-14(10-18(17)23)12-20(25)24-19(21(26)27)11-13-5-7-15-3-1-2-4-16(15)9-13/h1-10,19H,11-12H2,(H,24,25)(H,26,27)/t19-/m1/s1. The number of amides is 1. The molecule has 0 fully saturated rings. The van der Waals surface area contributed by atoms with Crippen LogP contribution in [0.4, 0.5) is 8.78 Å². The van der Waals surface area contributed by atoms with E-state index in [-0.39, 0.29) is 18.4 Å². The van der Waals surface area contributed by atoms with E-state index < -0.39 is 29.6 Å². The van der Waals surface area contributed by atoms with Crippen LogP contribution in [0, 0.1) is 11.6 Å². The molecule has 3 aromatic carbocycles. The van der Waals surface area contributed by atoms with Crippen molar-refractivity contribution in [3.05, 3.63) is 83.4 Å². The molecular formula is C21H17F2NO3. The summed E-state index contributed by atoms with van der Waals surface area (Å²) in [4.78, 5) is 23.7. The Balaban J connectivity index is 1.69. The van der Waals surface area contributed by atoms with E-state index in [0.717, 1.165) is 28.5 Å². The molecule has 2 N–H and O–H groups in total. The maximum absolute atomic E-state index is 13.2. The fourth-order valence-corrected chi connectivity index (χ4v) is 2.88. The number of halogens is 2. The molecule has 1 amide bonds. The smallest absolute Gasteiger partial charge is 0.326 e. The molecule has 0 saturated heterocycles. The van der Waals surface area contributed by atoms with Gasteiger partial charge < -0.3 is 10.4 Å².